The van der Waals surface area contributed by atoms with E-state index in [4.69, 9.17) is 11.6 Å². The molecule has 2 heterocycles. The first-order valence-electron chi connectivity index (χ1n) is 7.72. The highest BCUT2D eigenvalue weighted by Crippen LogP contribution is 2.16. The van der Waals surface area contributed by atoms with E-state index in [1.807, 2.05) is 12.1 Å². The van der Waals surface area contributed by atoms with Gasteiger partial charge in [-0.25, -0.2) is 0 Å². The van der Waals surface area contributed by atoms with Crippen molar-refractivity contribution in [1.82, 2.24) is 30.8 Å². The highest BCUT2D eigenvalue weighted by atomic mass is 35.5. The molecule has 3 rings (SSSR count). The summed E-state index contributed by atoms with van der Waals surface area (Å²) < 4.78 is 0. The molecule has 1 aliphatic heterocycles. The molecule has 0 spiro atoms. The van der Waals surface area contributed by atoms with Crippen molar-refractivity contribution in [3.05, 3.63) is 29.3 Å². The van der Waals surface area contributed by atoms with Gasteiger partial charge < -0.3 is 10.6 Å². The monoisotopic (exact) mass is 334 g/mol. The third kappa shape index (κ3) is 4.49. The van der Waals surface area contributed by atoms with E-state index in [0.717, 1.165) is 31.5 Å². The average molecular weight is 335 g/mol. The lowest BCUT2D eigenvalue weighted by molar-refractivity contribution is -0.122. The topological polar surface area (TPSA) is 84.7 Å². The lowest BCUT2D eigenvalue weighted by atomic mass is 10.00. The predicted molar refractivity (Wildman–Crippen MR) is 86.9 cm³/mol. The number of rotatable bonds is 5. The van der Waals surface area contributed by atoms with E-state index in [2.05, 4.69) is 26.0 Å². The van der Waals surface area contributed by atoms with Crippen LogP contribution in [0.2, 0.25) is 5.02 Å². The maximum absolute atomic E-state index is 12.0. The van der Waals surface area contributed by atoms with Crippen LogP contribution in [0.15, 0.2) is 24.3 Å². The number of amides is 1. The summed E-state index contributed by atoms with van der Waals surface area (Å²) in [5, 5.41) is 19.0. The van der Waals surface area contributed by atoms with E-state index < -0.39 is 0 Å². The summed E-state index contributed by atoms with van der Waals surface area (Å²) in [5.74, 6) is 0.877. The number of hydrogen-bond donors (Lipinski definition) is 2. The number of nitrogens with one attached hydrogen (secondary N) is 2. The molecule has 8 heteroatoms. The van der Waals surface area contributed by atoms with Gasteiger partial charge in [-0.2, -0.15) is 4.80 Å². The second-order valence-corrected chi connectivity index (χ2v) is 6.10. The number of halogens is 1. The van der Waals surface area contributed by atoms with Gasteiger partial charge in [0.2, 0.25) is 11.7 Å². The van der Waals surface area contributed by atoms with Gasteiger partial charge in [0, 0.05) is 17.1 Å². The molecule has 1 atom stereocenters. The van der Waals surface area contributed by atoms with Crippen molar-refractivity contribution >= 4 is 17.5 Å². The number of nitrogens with zero attached hydrogens (tertiary/aromatic N) is 4. The Morgan fingerprint density at radius 1 is 1.39 bits per heavy atom. The Hall–Kier alpha value is -1.99. The molecule has 0 aliphatic carbocycles. The lowest BCUT2D eigenvalue weighted by Crippen LogP contribution is -2.39. The molecule has 2 aromatic rings. The molecule has 122 valence electrons. The van der Waals surface area contributed by atoms with Crippen LogP contribution in [-0.2, 0) is 11.3 Å². The van der Waals surface area contributed by atoms with Crippen molar-refractivity contribution in [2.45, 2.75) is 19.4 Å². The van der Waals surface area contributed by atoms with Crippen LogP contribution in [0, 0.1) is 5.92 Å². The molecule has 0 radical (unpaired) electrons. The maximum Gasteiger partial charge on any atom is 0.243 e. The van der Waals surface area contributed by atoms with E-state index >= 15 is 0 Å². The van der Waals surface area contributed by atoms with Crippen molar-refractivity contribution in [3.8, 4) is 11.4 Å². The number of aromatic nitrogens is 4. The van der Waals surface area contributed by atoms with Crippen LogP contribution in [0.3, 0.4) is 0 Å². The smallest absolute Gasteiger partial charge is 0.243 e. The Balaban J connectivity index is 1.51. The number of tetrazole rings is 1. The minimum Gasteiger partial charge on any atom is -0.354 e. The quantitative estimate of drug-likeness (QED) is 0.855. The molecular weight excluding hydrogens is 316 g/mol. The highest BCUT2D eigenvalue weighted by Gasteiger charge is 2.14. The lowest BCUT2D eigenvalue weighted by Gasteiger charge is -2.22. The molecule has 1 aromatic carbocycles. The molecular formula is C15H19ClN6O. The Kier molecular flexibility index (Phi) is 5.19. The van der Waals surface area contributed by atoms with Gasteiger partial charge in [-0.3, -0.25) is 4.79 Å². The minimum absolute atomic E-state index is 0.0702. The van der Waals surface area contributed by atoms with Gasteiger partial charge in [0.1, 0.15) is 6.54 Å². The zero-order valence-electron chi connectivity index (χ0n) is 12.7. The third-order valence-corrected chi connectivity index (χ3v) is 4.08. The van der Waals surface area contributed by atoms with E-state index in [9.17, 15) is 4.79 Å². The Morgan fingerprint density at radius 3 is 2.96 bits per heavy atom. The molecule has 1 saturated heterocycles. The molecule has 23 heavy (non-hydrogen) atoms. The van der Waals surface area contributed by atoms with Crippen LogP contribution in [0.4, 0.5) is 0 Å². The van der Waals surface area contributed by atoms with Crippen molar-refractivity contribution in [1.29, 1.82) is 0 Å². The van der Waals surface area contributed by atoms with E-state index in [1.54, 1.807) is 12.1 Å². The molecule has 2 N–H and O–H groups in total. The normalized spacial score (nSPS) is 17.9. The summed E-state index contributed by atoms with van der Waals surface area (Å²) in [4.78, 5) is 13.3. The second kappa shape index (κ2) is 7.52. The summed E-state index contributed by atoms with van der Waals surface area (Å²) >= 11 is 5.85. The minimum atomic E-state index is -0.101. The van der Waals surface area contributed by atoms with Gasteiger partial charge >= 0.3 is 0 Å². The molecule has 0 bridgehead atoms. The standard InChI is InChI=1S/C15H19ClN6O/c16-13-5-3-12(4-6-13)15-19-21-22(20-15)10-14(23)18-9-11-2-1-7-17-8-11/h3-6,11,17H,1-2,7-10H2,(H,18,23). The second-order valence-electron chi connectivity index (χ2n) is 5.67. The van der Waals surface area contributed by atoms with Crippen LogP contribution >= 0.6 is 11.6 Å². The summed E-state index contributed by atoms with van der Waals surface area (Å²) in [7, 11) is 0. The fourth-order valence-electron chi connectivity index (χ4n) is 2.57. The predicted octanol–water partition coefficient (Wildman–Crippen LogP) is 1.11. The molecule has 1 unspecified atom stereocenters. The first kappa shape index (κ1) is 15.9. The Bertz CT molecular complexity index is 650. The number of piperidine rings is 1. The number of benzene rings is 1. The van der Waals surface area contributed by atoms with Gasteiger partial charge in [0.25, 0.3) is 0 Å². The van der Waals surface area contributed by atoms with Crippen molar-refractivity contribution in [2.75, 3.05) is 19.6 Å². The summed E-state index contributed by atoms with van der Waals surface area (Å²) in [6.45, 7) is 2.79. The van der Waals surface area contributed by atoms with Gasteiger partial charge in [-0.1, -0.05) is 11.6 Å². The van der Waals surface area contributed by atoms with Crippen LogP contribution in [-0.4, -0.2) is 45.7 Å². The Morgan fingerprint density at radius 2 is 2.22 bits per heavy atom. The van der Waals surface area contributed by atoms with Gasteiger partial charge in [0.05, 0.1) is 0 Å². The molecule has 1 fully saturated rings. The van der Waals surface area contributed by atoms with E-state index in [1.165, 1.54) is 4.80 Å². The van der Waals surface area contributed by atoms with E-state index in [0.29, 0.717) is 23.3 Å². The summed E-state index contributed by atoms with van der Waals surface area (Å²) in [6.07, 6.45) is 2.31. The van der Waals surface area contributed by atoms with E-state index in [-0.39, 0.29) is 12.5 Å². The fraction of sp³-hybridized carbons (Fsp3) is 0.467. The van der Waals surface area contributed by atoms with Crippen LogP contribution in [0.25, 0.3) is 11.4 Å². The van der Waals surface area contributed by atoms with Gasteiger partial charge in [0.15, 0.2) is 0 Å². The largest absolute Gasteiger partial charge is 0.354 e. The third-order valence-electron chi connectivity index (χ3n) is 3.83. The molecule has 1 amide bonds. The van der Waals surface area contributed by atoms with Crippen LogP contribution in [0.5, 0.6) is 0 Å². The maximum atomic E-state index is 12.0. The zero-order valence-corrected chi connectivity index (χ0v) is 13.5. The van der Waals surface area contributed by atoms with Crippen molar-refractivity contribution in [3.63, 3.8) is 0 Å². The number of hydrogen-bond acceptors (Lipinski definition) is 5. The summed E-state index contributed by atoms with van der Waals surface area (Å²) in [5.41, 5.74) is 0.814. The molecule has 1 aliphatic rings. The highest BCUT2D eigenvalue weighted by molar-refractivity contribution is 6.30. The number of carbonyl (C=O) groups excluding carboxylic acids is 1. The first-order valence-corrected chi connectivity index (χ1v) is 8.09. The van der Waals surface area contributed by atoms with Crippen molar-refractivity contribution < 1.29 is 4.79 Å². The SMILES string of the molecule is O=C(Cn1nnc(-c2ccc(Cl)cc2)n1)NCC1CCCNC1. The molecule has 1 aromatic heterocycles. The first-order chi connectivity index (χ1) is 11.2. The molecule has 7 nitrogen and oxygen atoms in total. The van der Waals surface area contributed by atoms with Gasteiger partial charge in [-0.05, 0) is 61.3 Å². The number of carbonyl (C=O) groups is 1. The van der Waals surface area contributed by atoms with Gasteiger partial charge in [-0.15, -0.1) is 10.2 Å². The summed E-state index contributed by atoms with van der Waals surface area (Å²) in [6, 6.07) is 7.17. The fourth-order valence-corrected chi connectivity index (χ4v) is 2.69. The average Bonchev–Trinajstić information content (AvgIpc) is 3.03. The van der Waals surface area contributed by atoms with Crippen molar-refractivity contribution in [2.24, 2.45) is 5.92 Å². The molecule has 0 saturated carbocycles. The zero-order chi connectivity index (χ0) is 16.1. The van der Waals surface area contributed by atoms with Crippen LogP contribution in [0.1, 0.15) is 12.8 Å². The van der Waals surface area contributed by atoms with Crippen LogP contribution < -0.4 is 10.6 Å². The Labute approximate surface area is 139 Å².